The van der Waals surface area contributed by atoms with E-state index in [0.29, 0.717) is 48.8 Å². The maximum Gasteiger partial charge on any atom is 0.345 e. The Morgan fingerprint density at radius 3 is 2.55 bits per heavy atom. The molecule has 1 saturated heterocycles. The number of para-hydroxylation sites is 1. The first kappa shape index (κ1) is 19.3. The Bertz CT molecular complexity index is 1070. The van der Waals surface area contributed by atoms with Gasteiger partial charge in [-0.1, -0.05) is 12.1 Å². The monoisotopic (exact) mass is 397 g/mol. The van der Waals surface area contributed by atoms with Crippen molar-refractivity contribution in [2.75, 3.05) is 40.5 Å². The molecule has 1 N–H and O–H groups in total. The van der Waals surface area contributed by atoms with E-state index in [1.807, 2.05) is 12.1 Å². The zero-order valence-electron chi connectivity index (χ0n) is 16.4. The first-order chi connectivity index (χ1) is 14.1. The van der Waals surface area contributed by atoms with Crippen molar-refractivity contribution in [2.24, 2.45) is 0 Å². The normalized spacial score (nSPS) is 15.9. The minimum Gasteiger partial charge on any atom is -0.507 e. The van der Waals surface area contributed by atoms with E-state index in [9.17, 15) is 9.90 Å². The number of benzene rings is 2. The van der Waals surface area contributed by atoms with Crippen LogP contribution in [-0.2, 0) is 4.74 Å². The van der Waals surface area contributed by atoms with Crippen molar-refractivity contribution in [3.63, 3.8) is 0 Å². The summed E-state index contributed by atoms with van der Waals surface area (Å²) in [6.45, 7) is 2.28. The highest BCUT2D eigenvalue weighted by atomic mass is 16.5. The first-order valence-electron chi connectivity index (χ1n) is 9.42. The van der Waals surface area contributed by atoms with Crippen LogP contribution in [0.15, 0.2) is 51.7 Å². The van der Waals surface area contributed by atoms with E-state index < -0.39 is 11.7 Å². The van der Waals surface area contributed by atoms with Gasteiger partial charge in [-0.2, -0.15) is 0 Å². The standard InChI is InChI=1S/C22H23NO6/c1-26-14-7-8-15(18(13-14)27-2)20(23-9-11-28-12-10-23)19-21(24)16-5-3-4-6-17(16)29-22(19)25/h3-8,13,20,24H,9-12H2,1-2H3/t20-/m1/s1. The van der Waals surface area contributed by atoms with Gasteiger partial charge in [-0.3, -0.25) is 4.90 Å². The van der Waals surface area contributed by atoms with Gasteiger partial charge in [-0.25, -0.2) is 4.79 Å². The zero-order chi connectivity index (χ0) is 20.4. The highest BCUT2D eigenvalue weighted by Gasteiger charge is 2.33. The molecule has 4 rings (SSSR count). The zero-order valence-corrected chi connectivity index (χ0v) is 16.4. The van der Waals surface area contributed by atoms with E-state index in [1.165, 1.54) is 0 Å². The Morgan fingerprint density at radius 2 is 1.83 bits per heavy atom. The molecular weight excluding hydrogens is 374 g/mol. The van der Waals surface area contributed by atoms with Crippen molar-refractivity contribution in [3.05, 3.63) is 64.0 Å². The average molecular weight is 397 g/mol. The number of fused-ring (bicyclic) bond motifs is 1. The van der Waals surface area contributed by atoms with Gasteiger partial charge in [0.25, 0.3) is 0 Å². The molecule has 0 aliphatic carbocycles. The smallest absolute Gasteiger partial charge is 0.345 e. The van der Waals surface area contributed by atoms with Crippen molar-refractivity contribution >= 4 is 11.0 Å². The van der Waals surface area contributed by atoms with E-state index in [4.69, 9.17) is 18.6 Å². The van der Waals surface area contributed by atoms with Crippen LogP contribution < -0.4 is 15.1 Å². The maximum absolute atomic E-state index is 13.0. The van der Waals surface area contributed by atoms with Gasteiger partial charge in [0.1, 0.15) is 28.4 Å². The van der Waals surface area contributed by atoms with E-state index in [-0.39, 0.29) is 11.3 Å². The molecule has 2 heterocycles. The molecular formula is C22H23NO6. The van der Waals surface area contributed by atoms with Crippen LogP contribution in [0.2, 0.25) is 0 Å². The van der Waals surface area contributed by atoms with Gasteiger partial charge in [0.2, 0.25) is 0 Å². The molecule has 1 atom stereocenters. The summed E-state index contributed by atoms with van der Waals surface area (Å²) < 4.78 is 21.9. The number of nitrogens with zero attached hydrogens (tertiary/aromatic N) is 1. The van der Waals surface area contributed by atoms with Crippen LogP contribution in [0.5, 0.6) is 17.2 Å². The SMILES string of the molecule is COc1ccc([C@H](c2c(O)c3ccccc3oc2=O)N2CCOCC2)c(OC)c1. The molecule has 0 radical (unpaired) electrons. The van der Waals surface area contributed by atoms with Crippen LogP contribution in [-0.4, -0.2) is 50.5 Å². The van der Waals surface area contributed by atoms with Gasteiger partial charge in [-0.15, -0.1) is 0 Å². The number of hydrogen-bond acceptors (Lipinski definition) is 7. The summed E-state index contributed by atoms with van der Waals surface area (Å²) in [4.78, 5) is 15.1. The lowest BCUT2D eigenvalue weighted by molar-refractivity contribution is 0.0226. The van der Waals surface area contributed by atoms with Crippen LogP contribution in [0.25, 0.3) is 11.0 Å². The van der Waals surface area contributed by atoms with Crippen molar-refractivity contribution < 1.29 is 23.7 Å². The molecule has 2 aromatic carbocycles. The van der Waals surface area contributed by atoms with Crippen LogP contribution in [0.4, 0.5) is 0 Å². The van der Waals surface area contributed by atoms with Crippen LogP contribution in [0.1, 0.15) is 17.2 Å². The topological polar surface area (TPSA) is 81.4 Å². The van der Waals surface area contributed by atoms with Gasteiger partial charge < -0.3 is 23.7 Å². The van der Waals surface area contributed by atoms with Crippen LogP contribution >= 0.6 is 0 Å². The number of aromatic hydroxyl groups is 1. The second kappa shape index (κ2) is 8.14. The second-order valence-corrected chi connectivity index (χ2v) is 6.81. The van der Waals surface area contributed by atoms with Gasteiger partial charge in [0.15, 0.2) is 0 Å². The maximum atomic E-state index is 13.0. The average Bonchev–Trinajstić information content (AvgIpc) is 2.77. The summed E-state index contributed by atoms with van der Waals surface area (Å²) in [5.74, 6) is 1.13. The third-order valence-corrected chi connectivity index (χ3v) is 5.24. The molecule has 3 aromatic rings. The quantitative estimate of drug-likeness (QED) is 0.663. The van der Waals surface area contributed by atoms with Gasteiger partial charge in [0, 0.05) is 24.7 Å². The van der Waals surface area contributed by atoms with E-state index >= 15 is 0 Å². The molecule has 1 aliphatic heterocycles. The minimum absolute atomic E-state index is 0.0776. The molecule has 7 heteroatoms. The lowest BCUT2D eigenvalue weighted by atomic mass is 9.95. The number of rotatable bonds is 5. The predicted octanol–water partition coefficient (Wildman–Crippen LogP) is 2.94. The molecule has 0 spiro atoms. The summed E-state index contributed by atoms with van der Waals surface area (Å²) in [5, 5.41) is 11.6. The molecule has 0 bridgehead atoms. The molecule has 0 saturated carbocycles. The van der Waals surface area contributed by atoms with Crippen molar-refractivity contribution in [3.8, 4) is 17.2 Å². The Labute approximate surface area is 168 Å². The molecule has 0 amide bonds. The van der Waals surface area contributed by atoms with E-state index in [2.05, 4.69) is 4.90 Å². The van der Waals surface area contributed by atoms with E-state index in [0.717, 1.165) is 5.56 Å². The fraction of sp³-hybridized carbons (Fsp3) is 0.318. The summed E-state index contributed by atoms with van der Waals surface area (Å²) >= 11 is 0. The summed E-state index contributed by atoms with van der Waals surface area (Å²) in [6, 6.07) is 11.8. The third kappa shape index (κ3) is 3.54. The van der Waals surface area contributed by atoms with E-state index in [1.54, 1.807) is 44.6 Å². The first-order valence-corrected chi connectivity index (χ1v) is 9.42. The fourth-order valence-corrected chi connectivity index (χ4v) is 3.80. The fourth-order valence-electron chi connectivity index (χ4n) is 3.80. The predicted molar refractivity (Wildman–Crippen MR) is 108 cm³/mol. The van der Waals surface area contributed by atoms with Crippen molar-refractivity contribution in [2.45, 2.75) is 6.04 Å². The highest BCUT2D eigenvalue weighted by Crippen LogP contribution is 2.40. The molecule has 1 aliphatic rings. The Balaban J connectivity index is 1.95. The molecule has 29 heavy (non-hydrogen) atoms. The van der Waals surface area contributed by atoms with Gasteiger partial charge >= 0.3 is 5.63 Å². The van der Waals surface area contributed by atoms with Crippen molar-refractivity contribution in [1.82, 2.24) is 4.90 Å². The van der Waals surface area contributed by atoms with Gasteiger partial charge in [0.05, 0.1) is 38.9 Å². The second-order valence-electron chi connectivity index (χ2n) is 6.81. The van der Waals surface area contributed by atoms with Crippen molar-refractivity contribution in [1.29, 1.82) is 0 Å². The third-order valence-electron chi connectivity index (χ3n) is 5.24. The summed E-state index contributed by atoms with van der Waals surface area (Å²) in [6.07, 6.45) is 0. The number of methoxy groups -OCH3 is 2. The lowest BCUT2D eigenvalue weighted by Crippen LogP contribution is -2.41. The minimum atomic E-state index is -0.574. The molecule has 152 valence electrons. The highest BCUT2D eigenvalue weighted by molar-refractivity contribution is 5.84. The summed E-state index contributed by atoms with van der Waals surface area (Å²) in [5.41, 5.74) is 0.707. The number of ether oxygens (including phenoxy) is 3. The lowest BCUT2D eigenvalue weighted by Gasteiger charge is -2.35. The van der Waals surface area contributed by atoms with Gasteiger partial charge in [-0.05, 0) is 24.3 Å². The van der Waals surface area contributed by atoms with Crippen LogP contribution in [0, 0.1) is 0 Å². The van der Waals surface area contributed by atoms with Crippen LogP contribution in [0.3, 0.4) is 0 Å². The molecule has 0 unspecified atom stereocenters. The molecule has 7 nitrogen and oxygen atoms in total. The number of hydrogen-bond donors (Lipinski definition) is 1. The molecule has 1 fully saturated rings. The Hall–Kier alpha value is -3.03. The summed E-state index contributed by atoms with van der Waals surface area (Å²) in [7, 11) is 3.15. The largest absolute Gasteiger partial charge is 0.507 e. The Morgan fingerprint density at radius 1 is 1.07 bits per heavy atom. The molecule has 1 aromatic heterocycles. The number of morpholine rings is 1. The Kier molecular flexibility index (Phi) is 5.42.